The number of aromatic hydroxyl groups is 1. The molecule has 2 aromatic carbocycles. The molecule has 0 aliphatic carbocycles. The largest absolute Gasteiger partial charge is 0.504 e. The lowest BCUT2D eigenvalue weighted by atomic mass is 9.96. The molecule has 3 rings (SSSR count). The van der Waals surface area contributed by atoms with Crippen molar-refractivity contribution in [2.75, 3.05) is 5.73 Å². The molecular formula is C17H21BN4O. The van der Waals surface area contributed by atoms with E-state index in [1.807, 2.05) is 38.2 Å². The van der Waals surface area contributed by atoms with Crippen molar-refractivity contribution < 1.29 is 5.11 Å². The molecule has 118 valence electrons. The van der Waals surface area contributed by atoms with Crippen LogP contribution in [0.1, 0.15) is 25.8 Å². The van der Waals surface area contributed by atoms with Crippen molar-refractivity contribution in [1.82, 2.24) is 15.0 Å². The summed E-state index contributed by atoms with van der Waals surface area (Å²) in [5.41, 5.74) is 10.7. The summed E-state index contributed by atoms with van der Waals surface area (Å²) in [5, 5.41) is 19.2. The number of nitrogen functional groups attached to an aromatic ring is 1. The van der Waals surface area contributed by atoms with Crippen LogP contribution < -0.4 is 11.2 Å². The molecule has 0 bridgehead atoms. The first-order valence-corrected chi connectivity index (χ1v) is 7.89. The van der Waals surface area contributed by atoms with E-state index in [1.54, 1.807) is 0 Å². The van der Waals surface area contributed by atoms with E-state index in [1.165, 1.54) is 4.80 Å². The summed E-state index contributed by atoms with van der Waals surface area (Å²) in [6.07, 6.45) is 1.98. The minimum absolute atomic E-state index is 0.0234. The first kappa shape index (κ1) is 15.4. The quantitative estimate of drug-likeness (QED) is 0.435. The summed E-state index contributed by atoms with van der Waals surface area (Å²) in [6, 6.07) is 9.64. The van der Waals surface area contributed by atoms with Crippen LogP contribution in [0.5, 0.6) is 5.75 Å². The molecule has 0 unspecified atom stereocenters. The minimum atomic E-state index is 0.0234. The average molecular weight is 308 g/mol. The Bertz CT molecular complexity index is 857. The molecule has 0 spiro atoms. The van der Waals surface area contributed by atoms with Crippen molar-refractivity contribution in [2.45, 2.75) is 26.7 Å². The number of hydrogen-bond donors (Lipinski definition) is 2. The molecule has 0 atom stereocenters. The van der Waals surface area contributed by atoms with Gasteiger partial charge in [0.1, 0.15) is 24.6 Å². The third-order valence-corrected chi connectivity index (χ3v) is 3.94. The number of phenolic OH excluding ortho intramolecular Hbond substituents is 1. The van der Waals surface area contributed by atoms with Crippen molar-refractivity contribution in [3.05, 3.63) is 35.9 Å². The van der Waals surface area contributed by atoms with Crippen LogP contribution in [0.4, 0.5) is 5.69 Å². The van der Waals surface area contributed by atoms with E-state index in [-0.39, 0.29) is 5.75 Å². The Balaban J connectivity index is 2.05. The van der Waals surface area contributed by atoms with Crippen molar-refractivity contribution in [1.29, 1.82) is 0 Å². The van der Waals surface area contributed by atoms with Gasteiger partial charge in [-0.25, -0.2) is 0 Å². The summed E-state index contributed by atoms with van der Waals surface area (Å²) < 4.78 is 0. The standard InChI is InChI=1S/C17H21BN4O/c1-10(2)3-4-11-7-13(19)17(23)16(8-11)22-20-14-6-5-12(18)9-15(14)21-22/h5-10,23H,3-4,18-19H2,1-2H3. The second-order valence-electron chi connectivity index (χ2n) is 6.47. The summed E-state index contributed by atoms with van der Waals surface area (Å²) in [4.78, 5) is 1.47. The van der Waals surface area contributed by atoms with Gasteiger partial charge < -0.3 is 10.8 Å². The summed E-state index contributed by atoms with van der Waals surface area (Å²) in [5.74, 6) is 0.636. The van der Waals surface area contributed by atoms with Crippen molar-refractivity contribution in [2.24, 2.45) is 5.92 Å². The molecule has 3 N–H and O–H groups in total. The molecule has 0 amide bonds. The molecule has 0 saturated carbocycles. The molecule has 0 saturated heterocycles. The first-order chi connectivity index (χ1) is 10.9. The maximum absolute atomic E-state index is 10.3. The predicted octanol–water partition coefficient (Wildman–Crippen LogP) is 1.56. The maximum Gasteiger partial charge on any atom is 0.166 e. The normalized spacial score (nSPS) is 11.4. The second-order valence-corrected chi connectivity index (χ2v) is 6.47. The Morgan fingerprint density at radius 2 is 1.91 bits per heavy atom. The van der Waals surface area contributed by atoms with Crippen LogP contribution in [0.15, 0.2) is 30.3 Å². The van der Waals surface area contributed by atoms with Gasteiger partial charge in [0.2, 0.25) is 0 Å². The molecule has 0 radical (unpaired) electrons. The van der Waals surface area contributed by atoms with Gasteiger partial charge in [0.25, 0.3) is 0 Å². The fourth-order valence-electron chi connectivity index (χ4n) is 2.59. The molecule has 1 heterocycles. The number of phenols is 1. The van der Waals surface area contributed by atoms with Crippen molar-refractivity contribution >= 4 is 30.0 Å². The van der Waals surface area contributed by atoms with Crippen LogP contribution in [-0.2, 0) is 6.42 Å². The van der Waals surface area contributed by atoms with Gasteiger partial charge in [-0.1, -0.05) is 25.4 Å². The van der Waals surface area contributed by atoms with Crippen LogP contribution in [-0.4, -0.2) is 27.9 Å². The Labute approximate surface area is 136 Å². The number of aryl methyl sites for hydroxylation is 1. The van der Waals surface area contributed by atoms with E-state index in [4.69, 9.17) is 5.73 Å². The molecule has 1 aromatic heterocycles. The van der Waals surface area contributed by atoms with E-state index < -0.39 is 0 Å². The summed E-state index contributed by atoms with van der Waals surface area (Å²) in [6.45, 7) is 4.38. The van der Waals surface area contributed by atoms with Gasteiger partial charge in [0, 0.05) is 0 Å². The van der Waals surface area contributed by atoms with E-state index in [9.17, 15) is 5.11 Å². The van der Waals surface area contributed by atoms with Crippen molar-refractivity contribution in [3.63, 3.8) is 0 Å². The van der Waals surface area contributed by atoms with Gasteiger partial charge in [-0.3, -0.25) is 0 Å². The highest BCUT2D eigenvalue weighted by Gasteiger charge is 2.13. The van der Waals surface area contributed by atoms with Gasteiger partial charge in [-0.05, 0) is 48.6 Å². The maximum atomic E-state index is 10.3. The number of anilines is 1. The number of benzene rings is 2. The molecule has 0 fully saturated rings. The number of nitrogens with zero attached hydrogens (tertiary/aromatic N) is 3. The highest BCUT2D eigenvalue weighted by molar-refractivity contribution is 6.33. The number of hydrogen-bond acceptors (Lipinski definition) is 4. The Hall–Kier alpha value is -2.50. The van der Waals surface area contributed by atoms with E-state index in [0.29, 0.717) is 17.3 Å². The average Bonchev–Trinajstić information content (AvgIpc) is 2.90. The SMILES string of the molecule is Bc1ccc2nn(-c3cc(CCC(C)C)cc(N)c3O)nc2c1. The summed E-state index contributed by atoms with van der Waals surface area (Å²) in [7, 11) is 2.01. The van der Waals surface area contributed by atoms with Crippen LogP contribution in [0.2, 0.25) is 0 Å². The summed E-state index contributed by atoms with van der Waals surface area (Å²) >= 11 is 0. The third-order valence-electron chi connectivity index (χ3n) is 3.94. The van der Waals surface area contributed by atoms with Gasteiger partial charge in [-0.2, -0.15) is 0 Å². The van der Waals surface area contributed by atoms with Crippen LogP contribution >= 0.6 is 0 Å². The zero-order valence-electron chi connectivity index (χ0n) is 13.7. The van der Waals surface area contributed by atoms with Gasteiger partial charge >= 0.3 is 0 Å². The smallest absolute Gasteiger partial charge is 0.166 e. The molecule has 3 aromatic rings. The van der Waals surface area contributed by atoms with Gasteiger partial charge in [0.05, 0.1) is 5.69 Å². The second kappa shape index (κ2) is 5.95. The van der Waals surface area contributed by atoms with Gasteiger partial charge in [-0.15, -0.1) is 15.0 Å². The minimum Gasteiger partial charge on any atom is -0.504 e. The Kier molecular flexibility index (Phi) is 3.98. The molecule has 6 heteroatoms. The number of fused-ring (bicyclic) bond motifs is 1. The third kappa shape index (κ3) is 3.16. The molecule has 0 aliphatic rings. The number of nitrogens with two attached hydrogens (primary N) is 1. The molecular weight excluding hydrogens is 287 g/mol. The lowest BCUT2D eigenvalue weighted by Gasteiger charge is -2.10. The fraction of sp³-hybridized carbons (Fsp3) is 0.294. The first-order valence-electron chi connectivity index (χ1n) is 7.89. The predicted molar refractivity (Wildman–Crippen MR) is 96.3 cm³/mol. The highest BCUT2D eigenvalue weighted by Crippen LogP contribution is 2.30. The van der Waals surface area contributed by atoms with Crippen LogP contribution in [0.25, 0.3) is 16.7 Å². The van der Waals surface area contributed by atoms with E-state index in [0.717, 1.165) is 34.9 Å². The molecule has 23 heavy (non-hydrogen) atoms. The lowest BCUT2D eigenvalue weighted by molar-refractivity contribution is 0.470. The zero-order chi connectivity index (χ0) is 16.6. The highest BCUT2D eigenvalue weighted by atomic mass is 16.3. The van der Waals surface area contributed by atoms with E-state index in [2.05, 4.69) is 24.0 Å². The Morgan fingerprint density at radius 3 is 2.65 bits per heavy atom. The van der Waals surface area contributed by atoms with E-state index >= 15 is 0 Å². The topological polar surface area (TPSA) is 77.0 Å². The van der Waals surface area contributed by atoms with Crippen molar-refractivity contribution in [3.8, 4) is 11.4 Å². The molecule has 5 nitrogen and oxygen atoms in total. The lowest BCUT2D eigenvalue weighted by Crippen LogP contribution is -2.03. The number of aromatic nitrogens is 3. The molecule has 0 aliphatic heterocycles. The number of rotatable bonds is 4. The monoisotopic (exact) mass is 308 g/mol. The Morgan fingerprint density at radius 1 is 1.17 bits per heavy atom. The zero-order valence-corrected chi connectivity index (χ0v) is 13.7. The van der Waals surface area contributed by atoms with Crippen LogP contribution in [0.3, 0.4) is 0 Å². The van der Waals surface area contributed by atoms with Gasteiger partial charge in [0.15, 0.2) is 5.75 Å². The fourth-order valence-corrected chi connectivity index (χ4v) is 2.59. The van der Waals surface area contributed by atoms with Crippen LogP contribution in [0, 0.1) is 5.92 Å².